The molecule has 3 amide bonds. The Morgan fingerprint density at radius 1 is 0.923 bits per heavy atom. The first kappa shape index (κ1) is 45.1. The van der Waals surface area contributed by atoms with E-state index in [-0.39, 0.29) is 65.9 Å². The van der Waals surface area contributed by atoms with Gasteiger partial charge in [-0.1, -0.05) is 85.2 Å². The molecule has 1 aliphatic heterocycles. The molecule has 3 N–H and O–H groups in total. The third kappa shape index (κ3) is 12.2. The van der Waals surface area contributed by atoms with Crippen molar-refractivity contribution in [2.45, 2.75) is 123 Å². The van der Waals surface area contributed by atoms with Crippen molar-refractivity contribution in [1.82, 2.24) is 25.8 Å². The maximum Gasteiger partial charge on any atom is 0.323 e. The van der Waals surface area contributed by atoms with Crippen LogP contribution in [0.1, 0.15) is 79.7 Å². The van der Waals surface area contributed by atoms with Gasteiger partial charge in [-0.3, -0.25) is 19.2 Å². The summed E-state index contributed by atoms with van der Waals surface area (Å²) in [4.78, 5) is 57.8. The van der Waals surface area contributed by atoms with E-state index in [2.05, 4.69) is 36.7 Å². The van der Waals surface area contributed by atoms with Gasteiger partial charge >= 0.3 is 5.97 Å². The van der Waals surface area contributed by atoms with Crippen LogP contribution in [-0.4, -0.2) is 124 Å². The first-order valence-corrected chi connectivity index (χ1v) is 19.1. The number of hydrogen-bond donors (Lipinski definition) is 3. The van der Waals surface area contributed by atoms with Crippen molar-refractivity contribution in [1.29, 1.82) is 0 Å². The first-order valence-electron chi connectivity index (χ1n) is 19.1. The van der Waals surface area contributed by atoms with Gasteiger partial charge in [-0.25, -0.2) is 0 Å². The zero-order valence-electron chi connectivity index (χ0n) is 33.9. The van der Waals surface area contributed by atoms with Gasteiger partial charge in [0, 0.05) is 34.4 Å². The third-order valence-electron chi connectivity index (χ3n) is 10.9. The highest BCUT2D eigenvalue weighted by Gasteiger charge is 2.42. The van der Waals surface area contributed by atoms with Gasteiger partial charge in [0.15, 0.2) is 0 Å². The molecule has 9 atom stereocenters. The Bertz CT molecular complexity index is 1250. The molecule has 296 valence electrons. The van der Waals surface area contributed by atoms with E-state index in [4.69, 9.17) is 14.2 Å². The van der Waals surface area contributed by atoms with Crippen LogP contribution in [0, 0.1) is 23.7 Å². The summed E-state index contributed by atoms with van der Waals surface area (Å²) in [5, 5.41) is 9.46. The smallest absolute Gasteiger partial charge is 0.323 e. The number of ether oxygens (including phenoxy) is 3. The molecule has 0 saturated carbocycles. The molecule has 1 fully saturated rings. The first-order chi connectivity index (χ1) is 24.7. The highest BCUT2D eigenvalue weighted by atomic mass is 16.5. The number of rotatable bonds is 22. The van der Waals surface area contributed by atoms with Crippen LogP contribution in [0.4, 0.5) is 0 Å². The van der Waals surface area contributed by atoms with Crippen molar-refractivity contribution < 1.29 is 33.4 Å². The quantitative estimate of drug-likeness (QED) is 0.153. The molecule has 0 radical (unpaired) electrons. The molecule has 1 saturated heterocycles. The summed E-state index contributed by atoms with van der Waals surface area (Å²) in [6.45, 7) is 15.1. The lowest BCUT2D eigenvalue weighted by atomic mass is 9.89. The van der Waals surface area contributed by atoms with Crippen LogP contribution in [0.3, 0.4) is 0 Å². The van der Waals surface area contributed by atoms with E-state index >= 15 is 0 Å². The molecule has 1 heterocycles. The molecule has 0 bridgehead atoms. The fourth-order valence-electron chi connectivity index (χ4n) is 7.65. The largest absolute Gasteiger partial charge is 0.468 e. The molecule has 0 aliphatic carbocycles. The fourth-order valence-corrected chi connectivity index (χ4v) is 7.65. The molecule has 52 heavy (non-hydrogen) atoms. The average Bonchev–Trinajstić information content (AvgIpc) is 3.61. The van der Waals surface area contributed by atoms with Crippen molar-refractivity contribution in [2.24, 2.45) is 23.7 Å². The number of esters is 1. The highest BCUT2D eigenvalue weighted by Crippen LogP contribution is 2.29. The van der Waals surface area contributed by atoms with Gasteiger partial charge in [0.05, 0.1) is 43.9 Å². The molecule has 1 aliphatic rings. The number of amides is 3. The maximum atomic E-state index is 14.2. The molecule has 1 aromatic carbocycles. The number of nitrogens with zero attached hydrogens (tertiary/aromatic N) is 2. The summed E-state index contributed by atoms with van der Waals surface area (Å²) in [6, 6.07) is 7.57. The van der Waals surface area contributed by atoms with Gasteiger partial charge in [-0.05, 0) is 55.5 Å². The third-order valence-corrected chi connectivity index (χ3v) is 10.9. The molecule has 12 nitrogen and oxygen atoms in total. The van der Waals surface area contributed by atoms with Gasteiger partial charge in [-0.2, -0.15) is 0 Å². The van der Waals surface area contributed by atoms with E-state index in [1.165, 1.54) is 7.11 Å². The minimum Gasteiger partial charge on any atom is -0.468 e. The summed E-state index contributed by atoms with van der Waals surface area (Å²) in [5.74, 6) is -0.922. The minimum absolute atomic E-state index is 0.0155. The number of benzene rings is 1. The van der Waals surface area contributed by atoms with E-state index in [0.29, 0.717) is 19.5 Å². The van der Waals surface area contributed by atoms with Crippen molar-refractivity contribution in [2.75, 3.05) is 48.5 Å². The number of likely N-dealkylation sites (tertiary alicyclic amines) is 1. The van der Waals surface area contributed by atoms with E-state index < -0.39 is 30.3 Å². The normalized spacial score (nSPS) is 19.3. The summed E-state index contributed by atoms with van der Waals surface area (Å²) in [6.07, 6.45) is 2.16. The number of carbonyl (C=O) groups excluding carboxylic acids is 4. The molecular formula is C40H69N5O7. The zero-order valence-corrected chi connectivity index (χ0v) is 33.9. The SMILES string of the molecule is CCC(C)[C@@H]([C@@H](CC(=O)N1CCC[C@H]1[C@H](OC)[C@@H](C)CNC(Cc1ccccc1)C(=O)OC)OC)N(C)C(=O)[C@@H](NC(=O)[C@@H](NC)C(C)C)C(C)C. The van der Waals surface area contributed by atoms with Crippen LogP contribution in [0.15, 0.2) is 30.3 Å². The molecule has 2 unspecified atom stereocenters. The number of likely N-dealkylation sites (N-methyl/N-ethyl adjacent to an activating group) is 2. The number of methoxy groups -OCH3 is 3. The Kier molecular flexibility index (Phi) is 19.3. The number of nitrogens with one attached hydrogen (secondary N) is 3. The molecule has 1 aromatic rings. The zero-order chi connectivity index (χ0) is 39.1. The summed E-state index contributed by atoms with van der Waals surface area (Å²) >= 11 is 0. The Hall–Kier alpha value is -3.06. The van der Waals surface area contributed by atoms with Gasteiger partial charge in [0.1, 0.15) is 12.1 Å². The van der Waals surface area contributed by atoms with Crippen LogP contribution >= 0.6 is 0 Å². The average molecular weight is 732 g/mol. The monoisotopic (exact) mass is 732 g/mol. The lowest BCUT2D eigenvalue weighted by Gasteiger charge is -2.41. The molecular weight excluding hydrogens is 662 g/mol. The second-order valence-electron chi connectivity index (χ2n) is 15.2. The summed E-state index contributed by atoms with van der Waals surface area (Å²) in [7, 11) is 8.15. The van der Waals surface area contributed by atoms with Crippen molar-refractivity contribution >= 4 is 23.7 Å². The van der Waals surface area contributed by atoms with Crippen molar-refractivity contribution in [3.8, 4) is 0 Å². The van der Waals surface area contributed by atoms with Crippen molar-refractivity contribution in [3.63, 3.8) is 0 Å². The lowest BCUT2D eigenvalue weighted by molar-refractivity contribution is -0.147. The Balaban J connectivity index is 2.23. The van der Waals surface area contributed by atoms with Gasteiger partial charge in [0.25, 0.3) is 0 Å². The number of hydrogen-bond acceptors (Lipinski definition) is 9. The Morgan fingerprint density at radius 3 is 2.08 bits per heavy atom. The standard InChI is InChI=1S/C40H69N5O7/c1-13-27(6)36(44(9)39(48)35(26(4)5)43-38(47)34(41-8)25(2)3)32(50-10)23-33(46)45-21-17-20-31(45)37(51-11)28(7)24-42-30(40(49)52-12)22-29-18-15-14-16-19-29/h14-16,18-19,25-28,30-32,34-37,41-42H,13,17,20-24H2,1-12H3,(H,43,47)/t27?,28-,30?,31-,32+,34-,35-,36-,37+/m0/s1. The van der Waals surface area contributed by atoms with E-state index in [0.717, 1.165) is 24.8 Å². The maximum absolute atomic E-state index is 14.2. The Labute approximate surface area is 313 Å². The topological polar surface area (TPSA) is 139 Å². The molecule has 0 spiro atoms. The van der Waals surface area contributed by atoms with Crippen molar-refractivity contribution in [3.05, 3.63) is 35.9 Å². The van der Waals surface area contributed by atoms with Crippen LogP contribution in [-0.2, 0) is 39.8 Å². The summed E-state index contributed by atoms with van der Waals surface area (Å²) in [5.41, 5.74) is 1.03. The highest BCUT2D eigenvalue weighted by molar-refractivity contribution is 5.90. The summed E-state index contributed by atoms with van der Waals surface area (Å²) < 4.78 is 17.2. The van der Waals surface area contributed by atoms with Gasteiger partial charge < -0.3 is 40.0 Å². The van der Waals surface area contributed by atoms with Crippen LogP contribution < -0.4 is 16.0 Å². The van der Waals surface area contributed by atoms with E-state index in [1.54, 1.807) is 33.2 Å². The molecule has 12 heteroatoms. The van der Waals surface area contributed by atoms with Crippen LogP contribution in [0.2, 0.25) is 0 Å². The van der Waals surface area contributed by atoms with Gasteiger partial charge in [0.2, 0.25) is 17.7 Å². The second-order valence-corrected chi connectivity index (χ2v) is 15.2. The van der Waals surface area contributed by atoms with Crippen LogP contribution in [0.5, 0.6) is 0 Å². The van der Waals surface area contributed by atoms with Crippen LogP contribution in [0.25, 0.3) is 0 Å². The predicted molar refractivity (Wildman–Crippen MR) is 205 cm³/mol. The van der Waals surface area contributed by atoms with Gasteiger partial charge in [-0.15, -0.1) is 0 Å². The predicted octanol–water partition coefficient (Wildman–Crippen LogP) is 3.67. The van der Waals surface area contributed by atoms with E-state index in [9.17, 15) is 19.2 Å². The minimum atomic E-state index is -0.737. The number of carbonyl (C=O) groups is 4. The fraction of sp³-hybridized carbons (Fsp3) is 0.750. The van der Waals surface area contributed by atoms with E-state index in [1.807, 2.05) is 62.9 Å². The molecule has 0 aromatic heterocycles. The lowest BCUT2D eigenvalue weighted by Crippen LogP contribution is -2.59. The molecule has 2 rings (SSSR count). The Morgan fingerprint density at radius 2 is 1.56 bits per heavy atom. The second kappa shape index (κ2) is 22.2.